The second-order valence-corrected chi connectivity index (χ2v) is 4.69. The highest BCUT2D eigenvalue weighted by Gasteiger charge is 2.07. The fourth-order valence-electron chi connectivity index (χ4n) is 2.07. The Labute approximate surface area is 124 Å². The molecular weight excluding hydrogens is 266 g/mol. The van der Waals surface area contributed by atoms with Crippen LogP contribution in [-0.2, 0) is 0 Å². The molecule has 5 nitrogen and oxygen atoms in total. The molecule has 0 bridgehead atoms. The van der Waals surface area contributed by atoms with Gasteiger partial charge in [0, 0.05) is 18.3 Å². The third-order valence-electron chi connectivity index (χ3n) is 3.21. The number of nitrogen functional groups attached to an aromatic ring is 1. The number of nitrogens with two attached hydrogens (primary N) is 1. The van der Waals surface area contributed by atoms with E-state index in [4.69, 9.17) is 10.5 Å². The molecule has 0 aliphatic heterocycles. The van der Waals surface area contributed by atoms with E-state index in [0.717, 1.165) is 22.7 Å². The van der Waals surface area contributed by atoms with Crippen molar-refractivity contribution in [3.8, 4) is 5.75 Å². The van der Waals surface area contributed by atoms with Gasteiger partial charge in [-0.1, -0.05) is 0 Å². The van der Waals surface area contributed by atoms with Gasteiger partial charge in [-0.05, 0) is 48.9 Å². The Morgan fingerprint density at radius 1 is 1.19 bits per heavy atom. The zero-order valence-electron chi connectivity index (χ0n) is 12.4. The number of nitrogens with one attached hydrogen (secondary N) is 2. The summed E-state index contributed by atoms with van der Waals surface area (Å²) < 4.78 is 5.23. The number of aryl methyl sites for hydroxylation is 1. The number of hydrogen-bond donors (Lipinski definition) is 3. The zero-order valence-corrected chi connectivity index (χ0v) is 12.4. The number of rotatable bonds is 4. The van der Waals surface area contributed by atoms with Crippen LogP contribution in [0.25, 0.3) is 0 Å². The Hall–Kier alpha value is -2.69. The molecule has 21 heavy (non-hydrogen) atoms. The molecule has 0 spiro atoms. The normalized spacial score (nSPS) is 10.0. The van der Waals surface area contributed by atoms with Crippen LogP contribution in [-0.4, -0.2) is 20.1 Å². The fourth-order valence-corrected chi connectivity index (χ4v) is 2.07. The first kappa shape index (κ1) is 14.7. The van der Waals surface area contributed by atoms with Gasteiger partial charge in [0.15, 0.2) is 0 Å². The lowest BCUT2D eigenvalue weighted by molar-refractivity contribution is 0.0963. The van der Waals surface area contributed by atoms with Crippen LogP contribution in [0.3, 0.4) is 0 Å². The van der Waals surface area contributed by atoms with Crippen molar-refractivity contribution in [2.75, 3.05) is 25.2 Å². The zero-order chi connectivity index (χ0) is 15.4. The summed E-state index contributed by atoms with van der Waals surface area (Å²) >= 11 is 0. The quantitative estimate of drug-likeness (QED) is 0.755. The molecule has 2 aromatic carbocycles. The van der Waals surface area contributed by atoms with Crippen LogP contribution in [0.4, 0.5) is 17.1 Å². The first-order valence-electron chi connectivity index (χ1n) is 6.58. The molecule has 0 atom stereocenters. The fraction of sp³-hybridized carbons (Fsp3) is 0.188. The molecule has 0 radical (unpaired) electrons. The Morgan fingerprint density at radius 2 is 1.95 bits per heavy atom. The van der Waals surface area contributed by atoms with E-state index in [1.807, 2.05) is 25.1 Å². The molecule has 0 saturated heterocycles. The smallest absolute Gasteiger partial charge is 0.251 e. The molecule has 0 saturated carbocycles. The topological polar surface area (TPSA) is 76.4 Å². The molecule has 5 heteroatoms. The average Bonchev–Trinajstić information content (AvgIpc) is 2.48. The summed E-state index contributed by atoms with van der Waals surface area (Å²) in [5.74, 6) is 0.678. The van der Waals surface area contributed by atoms with Crippen molar-refractivity contribution in [2.45, 2.75) is 6.92 Å². The van der Waals surface area contributed by atoms with Gasteiger partial charge in [-0.3, -0.25) is 4.79 Å². The second-order valence-electron chi connectivity index (χ2n) is 4.69. The average molecular weight is 285 g/mol. The maximum absolute atomic E-state index is 11.5. The van der Waals surface area contributed by atoms with Gasteiger partial charge in [-0.2, -0.15) is 0 Å². The van der Waals surface area contributed by atoms with E-state index >= 15 is 0 Å². The van der Waals surface area contributed by atoms with Crippen molar-refractivity contribution < 1.29 is 9.53 Å². The van der Waals surface area contributed by atoms with Crippen LogP contribution < -0.4 is 21.1 Å². The van der Waals surface area contributed by atoms with E-state index in [0.29, 0.717) is 11.3 Å². The van der Waals surface area contributed by atoms with Gasteiger partial charge in [0.25, 0.3) is 5.91 Å². The van der Waals surface area contributed by atoms with Crippen LogP contribution in [0.15, 0.2) is 36.4 Å². The minimum atomic E-state index is -0.159. The van der Waals surface area contributed by atoms with Crippen molar-refractivity contribution in [2.24, 2.45) is 0 Å². The molecule has 0 aliphatic carbocycles. The summed E-state index contributed by atoms with van der Waals surface area (Å²) in [5.41, 5.74) is 9.74. The molecule has 0 heterocycles. The molecule has 4 N–H and O–H groups in total. The van der Waals surface area contributed by atoms with Crippen molar-refractivity contribution in [3.63, 3.8) is 0 Å². The second kappa shape index (κ2) is 6.17. The van der Waals surface area contributed by atoms with Crippen molar-refractivity contribution in [1.82, 2.24) is 5.32 Å². The molecule has 1 amide bonds. The molecule has 2 aromatic rings. The van der Waals surface area contributed by atoms with Gasteiger partial charge in [-0.25, -0.2) is 0 Å². The molecule has 2 rings (SSSR count). The van der Waals surface area contributed by atoms with Crippen LogP contribution >= 0.6 is 0 Å². The van der Waals surface area contributed by atoms with Crippen molar-refractivity contribution in [1.29, 1.82) is 0 Å². The SMILES string of the molecule is CNC(=O)c1ccc(Nc2ccc(OC)c(C)c2)c(N)c1. The Kier molecular flexibility index (Phi) is 4.33. The maximum atomic E-state index is 11.5. The standard InChI is InChI=1S/C16H19N3O2/c1-10-8-12(5-7-15(10)21-3)19-14-6-4-11(9-13(14)17)16(20)18-2/h4-9,19H,17H2,1-3H3,(H,18,20). The van der Waals surface area contributed by atoms with E-state index in [-0.39, 0.29) is 5.91 Å². The van der Waals surface area contributed by atoms with Crippen molar-refractivity contribution in [3.05, 3.63) is 47.5 Å². The third kappa shape index (κ3) is 3.25. The predicted octanol–water partition coefficient (Wildman–Crippen LogP) is 2.69. The van der Waals surface area contributed by atoms with E-state index in [9.17, 15) is 4.79 Å². The summed E-state index contributed by atoms with van der Waals surface area (Å²) in [6.07, 6.45) is 0. The first-order chi connectivity index (χ1) is 10.0. The molecule has 110 valence electrons. The number of carbonyl (C=O) groups is 1. The van der Waals surface area contributed by atoms with Gasteiger partial charge in [0.05, 0.1) is 18.5 Å². The third-order valence-corrected chi connectivity index (χ3v) is 3.21. The summed E-state index contributed by atoms with van der Waals surface area (Å²) in [6.45, 7) is 1.97. The first-order valence-corrected chi connectivity index (χ1v) is 6.58. The predicted molar refractivity (Wildman–Crippen MR) is 85.3 cm³/mol. The van der Waals surface area contributed by atoms with E-state index in [2.05, 4.69) is 10.6 Å². The van der Waals surface area contributed by atoms with Gasteiger partial charge in [-0.15, -0.1) is 0 Å². The van der Waals surface area contributed by atoms with Crippen LogP contribution in [0.1, 0.15) is 15.9 Å². The molecule has 0 aromatic heterocycles. The lowest BCUT2D eigenvalue weighted by Crippen LogP contribution is -2.17. The lowest BCUT2D eigenvalue weighted by atomic mass is 10.1. The van der Waals surface area contributed by atoms with Gasteiger partial charge < -0.3 is 21.1 Å². The summed E-state index contributed by atoms with van der Waals surface area (Å²) in [5, 5.41) is 5.81. The number of ether oxygens (including phenoxy) is 1. The minimum absolute atomic E-state index is 0.159. The van der Waals surface area contributed by atoms with Gasteiger partial charge >= 0.3 is 0 Å². The summed E-state index contributed by atoms with van der Waals surface area (Å²) in [7, 11) is 3.23. The number of methoxy groups -OCH3 is 1. The molecule has 0 aliphatic rings. The monoisotopic (exact) mass is 285 g/mol. The van der Waals surface area contributed by atoms with Crippen LogP contribution in [0.5, 0.6) is 5.75 Å². The number of anilines is 3. The molecule has 0 unspecified atom stereocenters. The highest BCUT2D eigenvalue weighted by molar-refractivity contribution is 5.96. The number of carbonyl (C=O) groups excluding carboxylic acids is 1. The minimum Gasteiger partial charge on any atom is -0.496 e. The highest BCUT2D eigenvalue weighted by Crippen LogP contribution is 2.27. The Bertz CT molecular complexity index is 669. The van der Waals surface area contributed by atoms with Crippen LogP contribution in [0.2, 0.25) is 0 Å². The number of benzene rings is 2. The van der Waals surface area contributed by atoms with E-state index in [1.165, 1.54) is 0 Å². The number of hydrogen-bond acceptors (Lipinski definition) is 4. The van der Waals surface area contributed by atoms with Gasteiger partial charge in [0.1, 0.15) is 5.75 Å². The molecule has 0 fully saturated rings. The van der Waals surface area contributed by atoms with E-state index in [1.54, 1.807) is 32.4 Å². The Balaban J connectivity index is 2.24. The number of amides is 1. The largest absolute Gasteiger partial charge is 0.496 e. The molecular formula is C16H19N3O2. The van der Waals surface area contributed by atoms with E-state index < -0.39 is 0 Å². The van der Waals surface area contributed by atoms with Crippen molar-refractivity contribution >= 4 is 23.0 Å². The Morgan fingerprint density at radius 3 is 2.52 bits per heavy atom. The summed E-state index contributed by atoms with van der Waals surface area (Å²) in [6, 6.07) is 11.0. The highest BCUT2D eigenvalue weighted by atomic mass is 16.5. The lowest BCUT2D eigenvalue weighted by Gasteiger charge is -2.12. The maximum Gasteiger partial charge on any atom is 0.251 e. The van der Waals surface area contributed by atoms with Crippen LogP contribution in [0, 0.1) is 6.92 Å². The van der Waals surface area contributed by atoms with Gasteiger partial charge in [0.2, 0.25) is 0 Å². The summed E-state index contributed by atoms with van der Waals surface area (Å²) in [4.78, 5) is 11.5.